The number of hydrogen-bond donors (Lipinski definition) is 2. The van der Waals surface area contributed by atoms with Crippen molar-refractivity contribution in [3.05, 3.63) is 36.4 Å². The quantitative estimate of drug-likeness (QED) is 0.739. The number of piperidine rings is 1. The number of nitrogens with zero attached hydrogens (tertiary/aromatic N) is 5. The maximum atomic E-state index is 14.3. The minimum atomic E-state index is -0.457. The summed E-state index contributed by atoms with van der Waals surface area (Å²) in [6.45, 7) is 0.930. The summed E-state index contributed by atoms with van der Waals surface area (Å²) >= 11 is 0. The Hall–Kier alpha value is -2.74. The average Bonchev–Trinajstić information content (AvgIpc) is 3.38. The Bertz CT molecular complexity index is 985. The number of aromatic amines is 1. The fourth-order valence-corrected chi connectivity index (χ4v) is 4.54. The van der Waals surface area contributed by atoms with Crippen LogP contribution >= 0.6 is 0 Å². The summed E-state index contributed by atoms with van der Waals surface area (Å²) in [5.41, 5.74) is 1.70. The van der Waals surface area contributed by atoms with E-state index >= 15 is 0 Å². The zero-order valence-electron chi connectivity index (χ0n) is 15.4. The first-order valence-electron chi connectivity index (χ1n) is 9.24. The van der Waals surface area contributed by atoms with Crippen LogP contribution in [0, 0.1) is 11.7 Å². The van der Waals surface area contributed by atoms with Gasteiger partial charge >= 0.3 is 0 Å². The maximum absolute atomic E-state index is 14.3. The Morgan fingerprint density at radius 3 is 2.93 bits per heavy atom. The zero-order chi connectivity index (χ0) is 18.5. The first-order chi connectivity index (χ1) is 13.1. The molecular formula is C19H22FN7. The van der Waals surface area contributed by atoms with Gasteiger partial charge in [-0.1, -0.05) is 0 Å². The van der Waals surface area contributed by atoms with Crippen LogP contribution in [0.1, 0.15) is 12.8 Å². The fraction of sp³-hybridized carbons (Fsp3) is 0.421. The predicted octanol–water partition coefficient (Wildman–Crippen LogP) is 2.76. The molecule has 2 N–H and O–H groups in total. The van der Waals surface area contributed by atoms with Crippen molar-refractivity contribution in [2.45, 2.75) is 24.9 Å². The van der Waals surface area contributed by atoms with Gasteiger partial charge < -0.3 is 15.1 Å². The molecule has 140 valence electrons. The van der Waals surface area contributed by atoms with Crippen LogP contribution in [0.5, 0.6) is 0 Å². The number of rotatable bonds is 4. The molecule has 3 aromatic rings. The van der Waals surface area contributed by atoms with E-state index in [0.29, 0.717) is 23.9 Å². The van der Waals surface area contributed by atoms with E-state index in [1.165, 1.54) is 6.20 Å². The summed E-state index contributed by atoms with van der Waals surface area (Å²) in [7, 11) is 4.28. The van der Waals surface area contributed by atoms with Crippen LogP contribution in [-0.2, 0) is 0 Å². The SMILES string of the molecule is CN(C)C1CC2CC1CN2c1ncc(F)c(Nc2ccc3[nH]ncc3c2)n1. The fourth-order valence-electron chi connectivity index (χ4n) is 4.54. The van der Waals surface area contributed by atoms with Gasteiger partial charge in [0.25, 0.3) is 0 Å². The maximum Gasteiger partial charge on any atom is 0.227 e. The molecule has 2 bridgehead atoms. The van der Waals surface area contributed by atoms with Crippen molar-refractivity contribution >= 4 is 28.4 Å². The number of benzene rings is 1. The zero-order valence-corrected chi connectivity index (χ0v) is 15.4. The van der Waals surface area contributed by atoms with E-state index < -0.39 is 5.82 Å². The Kier molecular flexibility index (Phi) is 3.75. The average molecular weight is 367 g/mol. The van der Waals surface area contributed by atoms with Crippen molar-refractivity contribution in [3.63, 3.8) is 0 Å². The third-order valence-electron chi connectivity index (χ3n) is 5.86. The van der Waals surface area contributed by atoms with Crippen LogP contribution in [0.15, 0.2) is 30.6 Å². The van der Waals surface area contributed by atoms with E-state index in [2.05, 4.69) is 49.4 Å². The lowest BCUT2D eigenvalue weighted by Crippen LogP contribution is -2.44. The van der Waals surface area contributed by atoms with Crippen LogP contribution in [0.25, 0.3) is 10.9 Å². The highest BCUT2D eigenvalue weighted by molar-refractivity contribution is 5.82. The molecule has 8 heteroatoms. The van der Waals surface area contributed by atoms with E-state index in [0.717, 1.165) is 36.0 Å². The van der Waals surface area contributed by atoms with Crippen molar-refractivity contribution in [2.24, 2.45) is 5.92 Å². The molecule has 2 fully saturated rings. The van der Waals surface area contributed by atoms with E-state index in [-0.39, 0.29) is 5.82 Å². The number of halogens is 1. The topological polar surface area (TPSA) is 73.0 Å². The van der Waals surface area contributed by atoms with Gasteiger partial charge in [-0.25, -0.2) is 9.37 Å². The summed E-state index contributed by atoms with van der Waals surface area (Å²) < 4.78 is 14.3. The molecule has 2 aromatic heterocycles. The smallest absolute Gasteiger partial charge is 0.227 e. The van der Waals surface area contributed by atoms with Gasteiger partial charge in [-0.15, -0.1) is 0 Å². The van der Waals surface area contributed by atoms with Crippen molar-refractivity contribution in [2.75, 3.05) is 30.9 Å². The van der Waals surface area contributed by atoms with Crippen molar-refractivity contribution in [1.29, 1.82) is 0 Å². The highest BCUT2D eigenvalue weighted by Gasteiger charge is 2.46. The Labute approximate surface area is 156 Å². The number of nitrogens with one attached hydrogen (secondary N) is 2. The summed E-state index contributed by atoms with van der Waals surface area (Å²) in [5, 5.41) is 11.0. The second kappa shape index (κ2) is 6.16. The normalized spacial score (nSPS) is 24.3. The van der Waals surface area contributed by atoms with Crippen LogP contribution in [0.2, 0.25) is 0 Å². The lowest BCUT2D eigenvalue weighted by atomic mass is 10.0. The van der Waals surface area contributed by atoms with Gasteiger partial charge in [0.1, 0.15) is 0 Å². The largest absolute Gasteiger partial charge is 0.338 e. The first kappa shape index (κ1) is 16.4. The molecule has 0 spiro atoms. The van der Waals surface area contributed by atoms with E-state index in [1.807, 2.05) is 18.2 Å². The summed E-state index contributed by atoms with van der Waals surface area (Å²) in [6, 6.07) is 6.75. The van der Waals surface area contributed by atoms with Crippen LogP contribution in [0.3, 0.4) is 0 Å². The summed E-state index contributed by atoms with van der Waals surface area (Å²) in [5.74, 6) is 0.975. The molecule has 5 rings (SSSR count). The highest BCUT2D eigenvalue weighted by atomic mass is 19.1. The van der Waals surface area contributed by atoms with E-state index in [4.69, 9.17) is 0 Å². The lowest BCUT2D eigenvalue weighted by Gasteiger charge is -2.34. The van der Waals surface area contributed by atoms with Crippen LogP contribution in [-0.4, -0.2) is 57.8 Å². The number of fused-ring (bicyclic) bond motifs is 3. The Morgan fingerprint density at radius 2 is 2.15 bits per heavy atom. The molecule has 1 aliphatic heterocycles. The van der Waals surface area contributed by atoms with Crippen molar-refractivity contribution < 1.29 is 4.39 Å². The molecule has 1 aromatic carbocycles. The number of anilines is 3. The highest BCUT2D eigenvalue weighted by Crippen LogP contribution is 2.41. The van der Waals surface area contributed by atoms with Crippen molar-refractivity contribution in [1.82, 2.24) is 25.1 Å². The molecule has 3 heterocycles. The van der Waals surface area contributed by atoms with Gasteiger partial charge in [-0.2, -0.15) is 10.1 Å². The first-order valence-corrected chi connectivity index (χ1v) is 9.24. The molecule has 1 saturated carbocycles. The monoisotopic (exact) mass is 367 g/mol. The van der Waals surface area contributed by atoms with E-state index in [9.17, 15) is 4.39 Å². The van der Waals surface area contributed by atoms with Gasteiger partial charge in [0.2, 0.25) is 5.95 Å². The summed E-state index contributed by atoms with van der Waals surface area (Å²) in [4.78, 5) is 13.3. The molecular weight excluding hydrogens is 345 g/mol. The Balaban J connectivity index is 1.39. The van der Waals surface area contributed by atoms with Gasteiger partial charge in [-0.05, 0) is 51.1 Å². The Morgan fingerprint density at radius 1 is 1.26 bits per heavy atom. The molecule has 0 amide bonds. The minimum absolute atomic E-state index is 0.203. The molecule has 1 saturated heterocycles. The van der Waals surface area contributed by atoms with E-state index in [1.54, 1.807) is 6.20 Å². The third-order valence-corrected chi connectivity index (χ3v) is 5.86. The molecule has 3 atom stereocenters. The second-order valence-corrected chi connectivity index (χ2v) is 7.73. The third kappa shape index (κ3) is 2.80. The molecule has 1 aliphatic carbocycles. The van der Waals surface area contributed by atoms with Crippen LogP contribution < -0.4 is 10.2 Å². The number of aromatic nitrogens is 4. The minimum Gasteiger partial charge on any atom is -0.338 e. The van der Waals surface area contributed by atoms with Crippen molar-refractivity contribution in [3.8, 4) is 0 Å². The standard InChI is InChI=1S/C19H22FN7/c1-26(2)17-7-14-6-12(17)10-27(14)19-21-9-15(20)18(24-19)23-13-3-4-16-11(5-13)8-22-25-16/h3-5,8-9,12,14,17H,6-7,10H2,1-2H3,(H,22,25)(H,21,23,24). The van der Waals surface area contributed by atoms with Gasteiger partial charge in [0.15, 0.2) is 11.6 Å². The molecule has 2 aliphatic rings. The van der Waals surface area contributed by atoms with Gasteiger partial charge in [0.05, 0.1) is 17.9 Å². The van der Waals surface area contributed by atoms with Gasteiger partial charge in [0, 0.05) is 29.7 Å². The molecule has 3 unspecified atom stereocenters. The number of H-pyrrole nitrogens is 1. The lowest BCUT2D eigenvalue weighted by molar-refractivity contribution is 0.229. The molecule has 7 nitrogen and oxygen atoms in total. The molecule has 27 heavy (non-hydrogen) atoms. The second-order valence-electron chi connectivity index (χ2n) is 7.73. The summed E-state index contributed by atoms with van der Waals surface area (Å²) in [6.07, 6.45) is 5.27. The predicted molar refractivity (Wildman–Crippen MR) is 103 cm³/mol. The van der Waals surface area contributed by atoms with Gasteiger partial charge in [-0.3, -0.25) is 5.10 Å². The number of hydrogen-bond acceptors (Lipinski definition) is 6. The molecule has 0 radical (unpaired) electrons. The van der Waals surface area contributed by atoms with Crippen LogP contribution in [0.4, 0.5) is 21.8 Å².